The Morgan fingerprint density at radius 2 is 2.00 bits per heavy atom. The number of aliphatic imine (C=N–C) groups is 1. The summed E-state index contributed by atoms with van der Waals surface area (Å²) < 4.78 is 5.65. The number of ether oxygens (including phenoxy) is 1. The first-order valence-corrected chi connectivity index (χ1v) is 5.65. The van der Waals surface area contributed by atoms with Gasteiger partial charge >= 0.3 is 0 Å². The van der Waals surface area contributed by atoms with Crippen molar-refractivity contribution in [3.05, 3.63) is 0 Å². The standard InChI is InChI=1S/C11H25N3O.HI/c1-6-15-10(9(2)3)7-8-14-11(12-4)13-5;/h9-10H,6-8H2,1-5H3,(H2,12,13,14);1H. The van der Waals surface area contributed by atoms with Gasteiger partial charge in [0.25, 0.3) is 0 Å². The summed E-state index contributed by atoms with van der Waals surface area (Å²) in [5, 5.41) is 6.21. The van der Waals surface area contributed by atoms with Crippen LogP contribution in [-0.2, 0) is 4.74 Å². The molecule has 0 saturated carbocycles. The van der Waals surface area contributed by atoms with Crippen LogP contribution in [0.1, 0.15) is 27.2 Å². The van der Waals surface area contributed by atoms with E-state index in [-0.39, 0.29) is 24.0 Å². The first kappa shape index (κ1) is 18.3. The van der Waals surface area contributed by atoms with Crippen molar-refractivity contribution in [2.24, 2.45) is 10.9 Å². The van der Waals surface area contributed by atoms with Crippen LogP contribution in [0.3, 0.4) is 0 Å². The quantitative estimate of drug-likeness (QED) is 0.440. The lowest BCUT2D eigenvalue weighted by Gasteiger charge is -2.21. The molecule has 0 bridgehead atoms. The van der Waals surface area contributed by atoms with Crippen LogP contribution in [0.2, 0.25) is 0 Å². The first-order chi connectivity index (χ1) is 7.15. The van der Waals surface area contributed by atoms with E-state index in [1.54, 1.807) is 7.05 Å². The van der Waals surface area contributed by atoms with Crippen molar-refractivity contribution in [3.8, 4) is 0 Å². The summed E-state index contributed by atoms with van der Waals surface area (Å²) in [6.07, 6.45) is 1.34. The zero-order valence-electron chi connectivity index (χ0n) is 11.0. The van der Waals surface area contributed by atoms with Crippen LogP contribution >= 0.6 is 24.0 Å². The third-order valence-electron chi connectivity index (χ3n) is 2.31. The van der Waals surface area contributed by atoms with Gasteiger partial charge in [0.15, 0.2) is 5.96 Å². The molecule has 1 atom stereocenters. The molecule has 0 spiro atoms. The van der Waals surface area contributed by atoms with Gasteiger partial charge < -0.3 is 15.4 Å². The molecule has 0 amide bonds. The summed E-state index contributed by atoms with van der Waals surface area (Å²) in [4.78, 5) is 4.05. The number of rotatable bonds is 6. The maximum absolute atomic E-state index is 5.65. The Morgan fingerprint density at radius 1 is 1.38 bits per heavy atom. The normalized spacial score (nSPS) is 13.2. The molecule has 0 aliphatic carbocycles. The van der Waals surface area contributed by atoms with Crippen molar-refractivity contribution in [1.82, 2.24) is 10.6 Å². The molecule has 4 nitrogen and oxygen atoms in total. The van der Waals surface area contributed by atoms with E-state index >= 15 is 0 Å². The second-order valence-electron chi connectivity index (χ2n) is 3.78. The van der Waals surface area contributed by atoms with Crippen LogP contribution in [-0.4, -0.2) is 39.3 Å². The Morgan fingerprint density at radius 3 is 2.38 bits per heavy atom. The minimum Gasteiger partial charge on any atom is -0.378 e. The maximum atomic E-state index is 5.65. The fraction of sp³-hybridized carbons (Fsp3) is 0.909. The average molecular weight is 343 g/mol. The molecule has 5 heteroatoms. The van der Waals surface area contributed by atoms with Crippen molar-refractivity contribution in [1.29, 1.82) is 0 Å². The summed E-state index contributed by atoms with van der Waals surface area (Å²) in [7, 11) is 3.62. The lowest BCUT2D eigenvalue weighted by molar-refractivity contribution is 0.0258. The summed E-state index contributed by atoms with van der Waals surface area (Å²) >= 11 is 0. The zero-order chi connectivity index (χ0) is 11.7. The zero-order valence-corrected chi connectivity index (χ0v) is 13.4. The SMILES string of the molecule is CCOC(CCNC(=NC)NC)C(C)C.I. The van der Waals surface area contributed by atoms with Gasteiger partial charge in [-0.3, -0.25) is 4.99 Å². The van der Waals surface area contributed by atoms with Crippen LogP contribution in [0.15, 0.2) is 4.99 Å². The molecule has 0 aromatic carbocycles. The highest BCUT2D eigenvalue weighted by atomic mass is 127. The fourth-order valence-corrected chi connectivity index (χ4v) is 1.44. The molecule has 0 rings (SSSR count). The summed E-state index contributed by atoms with van der Waals surface area (Å²) in [6.45, 7) is 8.08. The number of guanidine groups is 1. The molecule has 98 valence electrons. The monoisotopic (exact) mass is 343 g/mol. The smallest absolute Gasteiger partial charge is 0.190 e. The Hall–Kier alpha value is -0.0400. The Labute approximate surface area is 117 Å². The minimum atomic E-state index is 0. The van der Waals surface area contributed by atoms with Gasteiger partial charge in [-0.25, -0.2) is 0 Å². The van der Waals surface area contributed by atoms with Gasteiger partial charge in [0.1, 0.15) is 0 Å². The number of nitrogens with zero attached hydrogens (tertiary/aromatic N) is 1. The van der Waals surface area contributed by atoms with Gasteiger partial charge in [0.05, 0.1) is 6.10 Å². The highest BCUT2D eigenvalue weighted by molar-refractivity contribution is 14.0. The number of hydrogen-bond donors (Lipinski definition) is 2. The molecule has 0 heterocycles. The van der Waals surface area contributed by atoms with E-state index in [0.29, 0.717) is 12.0 Å². The van der Waals surface area contributed by atoms with Crippen molar-refractivity contribution in [3.63, 3.8) is 0 Å². The Bertz CT molecular complexity index is 186. The van der Waals surface area contributed by atoms with Crippen molar-refractivity contribution < 1.29 is 4.74 Å². The van der Waals surface area contributed by atoms with E-state index in [0.717, 1.165) is 25.5 Å². The molecule has 0 aliphatic rings. The van der Waals surface area contributed by atoms with Gasteiger partial charge in [-0.2, -0.15) is 0 Å². The lowest BCUT2D eigenvalue weighted by Crippen LogP contribution is -2.37. The second-order valence-corrected chi connectivity index (χ2v) is 3.78. The van der Waals surface area contributed by atoms with Crippen LogP contribution in [0.5, 0.6) is 0 Å². The van der Waals surface area contributed by atoms with Gasteiger partial charge in [0, 0.05) is 27.2 Å². The molecule has 1 unspecified atom stereocenters. The van der Waals surface area contributed by atoms with E-state index in [1.807, 2.05) is 14.0 Å². The third kappa shape index (κ3) is 8.15. The molecular weight excluding hydrogens is 317 g/mol. The van der Waals surface area contributed by atoms with Crippen LogP contribution in [0.4, 0.5) is 0 Å². The predicted octanol–water partition coefficient (Wildman–Crippen LogP) is 1.85. The average Bonchev–Trinajstić information content (AvgIpc) is 2.22. The second kappa shape index (κ2) is 11.4. The largest absolute Gasteiger partial charge is 0.378 e. The van der Waals surface area contributed by atoms with E-state index in [4.69, 9.17) is 4.74 Å². The van der Waals surface area contributed by atoms with E-state index in [1.165, 1.54) is 0 Å². The third-order valence-corrected chi connectivity index (χ3v) is 2.31. The highest BCUT2D eigenvalue weighted by Gasteiger charge is 2.12. The summed E-state index contributed by atoms with van der Waals surface area (Å²) in [5.74, 6) is 1.39. The molecule has 0 saturated heterocycles. The minimum absolute atomic E-state index is 0. The lowest BCUT2D eigenvalue weighted by atomic mass is 10.0. The van der Waals surface area contributed by atoms with E-state index in [2.05, 4.69) is 29.5 Å². The van der Waals surface area contributed by atoms with Crippen LogP contribution < -0.4 is 10.6 Å². The van der Waals surface area contributed by atoms with Gasteiger partial charge in [0.2, 0.25) is 0 Å². The topological polar surface area (TPSA) is 45.6 Å². The number of hydrogen-bond acceptors (Lipinski definition) is 2. The summed E-state index contributed by atoms with van der Waals surface area (Å²) in [6, 6.07) is 0. The predicted molar refractivity (Wildman–Crippen MR) is 80.7 cm³/mol. The number of halogens is 1. The molecule has 0 fully saturated rings. The van der Waals surface area contributed by atoms with E-state index < -0.39 is 0 Å². The van der Waals surface area contributed by atoms with Crippen molar-refractivity contribution in [2.75, 3.05) is 27.2 Å². The van der Waals surface area contributed by atoms with Crippen molar-refractivity contribution in [2.45, 2.75) is 33.3 Å². The molecule has 2 N–H and O–H groups in total. The molecule has 0 aromatic rings. The maximum Gasteiger partial charge on any atom is 0.190 e. The van der Waals surface area contributed by atoms with Crippen molar-refractivity contribution >= 4 is 29.9 Å². The fourth-order valence-electron chi connectivity index (χ4n) is 1.44. The Balaban J connectivity index is 0. The van der Waals surface area contributed by atoms with E-state index in [9.17, 15) is 0 Å². The molecule has 0 aliphatic heterocycles. The molecular formula is C11H26IN3O. The number of nitrogens with one attached hydrogen (secondary N) is 2. The first-order valence-electron chi connectivity index (χ1n) is 5.65. The van der Waals surface area contributed by atoms with Gasteiger partial charge in [-0.1, -0.05) is 13.8 Å². The molecule has 16 heavy (non-hydrogen) atoms. The molecule has 0 radical (unpaired) electrons. The molecule has 0 aromatic heterocycles. The van der Waals surface area contributed by atoms with Crippen LogP contribution in [0, 0.1) is 5.92 Å². The van der Waals surface area contributed by atoms with Gasteiger partial charge in [-0.05, 0) is 19.3 Å². The Kier molecular flexibility index (Phi) is 13.1. The summed E-state index contributed by atoms with van der Waals surface area (Å²) in [5.41, 5.74) is 0. The highest BCUT2D eigenvalue weighted by Crippen LogP contribution is 2.09. The van der Waals surface area contributed by atoms with Gasteiger partial charge in [-0.15, -0.1) is 24.0 Å². The van der Waals surface area contributed by atoms with Crippen LogP contribution in [0.25, 0.3) is 0 Å².